The minimum absolute atomic E-state index is 0.585. The normalized spacial score (nSPS) is 26.2. The molecule has 0 amide bonds. The van der Waals surface area contributed by atoms with E-state index in [0.717, 1.165) is 18.1 Å². The molecule has 0 aromatic heterocycles. The molecule has 4 rings (SSSR count). The fraction of sp³-hybridized carbons (Fsp3) is 0.964. The third-order valence-corrected chi connectivity index (χ3v) is 8.78. The highest BCUT2D eigenvalue weighted by Gasteiger charge is 2.36. The molecule has 0 aliphatic heterocycles. The van der Waals surface area contributed by atoms with Crippen molar-refractivity contribution in [3.05, 3.63) is 0 Å². The van der Waals surface area contributed by atoms with Crippen LogP contribution in [0.1, 0.15) is 142 Å². The largest absolute Gasteiger partial charge is 0.340 e. The van der Waals surface area contributed by atoms with E-state index in [1.807, 2.05) is 0 Å². The molecular weight excluding hydrogens is 378 g/mol. The molecule has 0 bridgehead atoms. The van der Waals surface area contributed by atoms with Crippen molar-refractivity contribution in [2.75, 3.05) is 6.54 Å². The summed E-state index contributed by atoms with van der Waals surface area (Å²) < 4.78 is 0. The Morgan fingerprint density at radius 2 is 1.00 bits per heavy atom. The predicted molar refractivity (Wildman–Crippen MR) is 134 cm³/mol. The molecule has 0 radical (unpaired) electrons. The van der Waals surface area contributed by atoms with Gasteiger partial charge in [-0.15, -0.1) is 0 Å². The first kappa shape index (κ1) is 23.4. The summed E-state index contributed by atoms with van der Waals surface area (Å²) in [6.45, 7) is 3.60. The van der Waals surface area contributed by atoms with Crippen LogP contribution >= 0.6 is 0 Å². The fourth-order valence-corrected chi connectivity index (χ4v) is 7.09. The van der Waals surface area contributed by atoms with Gasteiger partial charge in [-0.25, -0.2) is 4.99 Å². The summed E-state index contributed by atoms with van der Waals surface area (Å²) in [4.78, 5) is 11.6. The monoisotopic (exact) mass is 429 g/mol. The minimum Gasteiger partial charge on any atom is -0.340 e. The van der Waals surface area contributed by atoms with Gasteiger partial charge in [0.2, 0.25) is 0 Å². The lowest BCUT2D eigenvalue weighted by Crippen LogP contribution is -2.57. The van der Waals surface area contributed by atoms with Crippen LogP contribution in [0.5, 0.6) is 0 Å². The van der Waals surface area contributed by atoms with Crippen LogP contribution in [0.25, 0.3) is 0 Å². The van der Waals surface area contributed by atoms with Gasteiger partial charge in [-0.05, 0) is 57.8 Å². The van der Waals surface area contributed by atoms with Gasteiger partial charge in [0.25, 0.3) is 0 Å². The van der Waals surface area contributed by atoms with E-state index in [1.54, 1.807) is 0 Å². The molecule has 4 aliphatic rings. The second-order valence-corrected chi connectivity index (χ2v) is 11.2. The smallest absolute Gasteiger partial charge is 0.197 e. The van der Waals surface area contributed by atoms with Crippen LogP contribution in [0.2, 0.25) is 0 Å². The van der Waals surface area contributed by atoms with E-state index in [0.29, 0.717) is 6.04 Å². The first-order valence-corrected chi connectivity index (χ1v) is 14.5. The number of guanidine groups is 1. The van der Waals surface area contributed by atoms with Crippen LogP contribution in [0.4, 0.5) is 0 Å². The van der Waals surface area contributed by atoms with Crippen LogP contribution in [-0.4, -0.2) is 46.5 Å². The first-order valence-electron chi connectivity index (χ1n) is 14.5. The molecule has 0 saturated heterocycles. The minimum atomic E-state index is 0.585. The Kier molecular flexibility index (Phi) is 9.44. The van der Waals surface area contributed by atoms with Crippen molar-refractivity contribution in [1.29, 1.82) is 0 Å². The van der Waals surface area contributed by atoms with E-state index in [2.05, 4.69) is 16.7 Å². The third kappa shape index (κ3) is 6.41. The lowest BCUT2D eigenvalue weighted by Gasteiger charge is -2.49. The Labute approximate surface area is 193 Å². The molecule has 3 nitrogen and oxygen atoms in total. The number of hydrogen-bond donors (Lipinski definition) is 0. The highest BCUT2D eigenvalue weighted by molar-refractivity contribution is 5.81. The van der Waals surface area contributed by atoms with Crippen LogP contribution in [-0.2, 0) is 0 Å². The van der Waals surface area contributed by atoms with Gasteiger partial charge >= 0.3 is 0 Å². The van der Waals surface area contributed by atoms with Gasteiger partial charge in [0.15, 0.2) is 5.96 Å². The van der Waals surface area contributed by atoms with Gasteiger partial charge in [0, 0.05) is 24.7 Å². The first-order chi connectivity index (χ1) is 15.4. The summed E-state index contributed by atoms with van der Waals surface area (Å²) >= 11 is 0. The molecule has 0 atom stereocenters. The standard InChI is InChI=1S/C28H51N3/c1-2-23-30(25-17-9-4-10-18-25)28(29-24-15-7-3-8-16-24)31(26-19-11-5-12-20-26)27-21-13-6-14-22-27/h24-27H,2-23H2,1H3. The molecule has 0 spiro atoms. The van der Waals surface area contributed by atoms with Crippen molar-refractivity contribution < 1.29 is 0 Å². The predicted octanol–water partition coefficient (Wildman–Crippen LogP) is 7.69. The van der Waals surface area contributed by atoms with Crippen LogP contribution in [0.15, 0.2) is 4.99 Å². The van der Waals surface area contributed by atoms with Crippen molar-refractivity contribution in [2.45, 2.75) is 166 Å². The molecule has 0 unspecified atom stereocenters. The van der Waals surface area contributed by atoms with Gasteiger partial charge < -0.3 is 9.80 Å². The zero-order valence-electron chi connectivity index (χ0n) is 20.7. The molecule has 4 fully saturated rings. The Morgan fingerprint density at radius 3 is 1.45 bits per heavy atom. The maximum Gasteiger partial charge on any atom is 0.197 e. The zero-order chi connectivity index (χ0) is 21.3. The average molecular weight is 430 g/mol. The lowest BCUT2D eigenvalue weighted by atomic mass is 9.88. The van der Waals surface area contributed by atoms with E-state index in [1.165, 1.54) is 147 Å². The maximum absolute atomic E-state index is 5.75. The Balaban J connectivity index is 1.67. The molecule has 4 saturated carbocycles. The molecule has 0 aromatic carbocycles. The second kappa shape index (κ2) is 12.5. The van der Waals surface area contributed by atoms with Gasteiger partial charge in [-0.2, -0.15) is 0 Å². The second-order valence-electron chi connectivity index (χ2n) is 11.2. The number of aliphatic imine (C=N–C) groups is 1. The van der Waals surface area contributed by atoms with Crippen molar-refractivity contribution in [1.82, 2.24) is 9.80 Å². The van der Waals surface area contributed by atoms with Crippen molar-refractivity contribution in [2.24, 2.45) is 4.99 Å². The molecule has 4 aliphatic carbocycles. The molecule has 0 aromatic rings. The molecule has 0 N–H and O–H groups in total. The van der Waals surface area contributed by atoms with Gasteiger partial charge in [-0.1, -0.05) is 84.0 Å². The van der Waals surface area contributed by atoms with Crippen LogP contribution in [0.3, 0.4) is 0 Å². The van der Waals surface area contributed by atoms with E-state index in [-0.39, 0.29) is 0 Å². The number of rotatable bonds is 6. The molecule has 3 heteroatoms. The van der Waals surface area contributed by atoms with E-state index >= 15 is 0 Å². The average Bonchev–Trinajstić information content (AvgIpc) is 2.85. The van der Waals surface area contributed by atoms with Gasteiger partial charge in [-0.3, -0.25) is 0 Å². The Morgan fingerprint density at radius 1 is 0.581 bits per heavy atom. The maximum atomic E-state index is 5.75. The van der Waals surface area contributed by atoms with Gasteiger partial charge in [0.05, 0.1) is 6.04 Å². The van der Waals surface area contributed by atoms with E-state index < -0.39 is 0 Å². The summed E-state index contributed by atoms with van der Waals surface area (Å²) in [6, 6.07) is 2.83. The summed E-state index contributed by atoms with van der Waals surface area (Å²) in [5, 5.41) is 0. The Hall–Kier alpha value is -0.730. The van der Waals surface area contributed by atoms with Crippen LogP contribution < -0.4 is 0 Å². The van der Waals surface area contributed by atoms with Crippen molar-refractivity contribution in [3.63, 3.8) is 0 Å². The van der Waals surface area contributed by atoms with Crippen molar-refractivity contribution in [3.8, 4) is 0 Å². The molecular formula is C28H51N3. The van der Waals surface area contributed by atoms with E-state index in [4.69, 9.17) is 4.99 Å². The fourth-order valence-electron chi connectivity index (χ4n) is 7.09. The van der Waals surface area contributed by atoms with Gasteiger partial charge in [0.1, 0.15) is 0 Å². The number of hydrogen-bond acceptors (Lipinski definition) is 1. The highest BCUT2D eigenvalue weighted by atomic mass is 15.4. The van der Waals surface area contributed by atoms with E-state index in [9.17, 15) is 0 Å². The quantitative estimate of drug-likeness (QED) is 0.318. The summed E-state index contributed by atoms with van der Waals surface area (Å²) in [7, 11) is 0. The summed E-state index contributed by atoms with van der Waals surface area (Å²) in [6.07, 6.45) is 29.5. The topological polar surface area (TPSA) is 18.8 Å². The Bertz CT molecular complexity index is 502. The van der Waals surface area contributed by atoms with Crippen LogP contribution in [0, 0.1) is 0 Å². The zero-order valence-corrected chi connectivity index (χ0v) is 20.7. The summed E-state index contributed by atoms with van der Waals surface area (Å²) in [5.41, 5.74) is 0. The number of nitrogens with zero attached hydrogens (tertiary/aromatic N) is 3. The lowest BCUT2D eigenvalue weighted by molar-refractivity contribution is 0.119. The van der Waals surface area contributed by atoms with Crippen molar-refractivity contribution >= 4 is 5.96 Å². The summed E-state index contributed by atoms with van der Waals surface area (Å²) in [5.74, 6) is 1.49. The highest BCUT2D eigenvalue weighted by Crippen LogP contribution is 2.34. The third-order valence-electron chi connectivity index (χ3n) is 8.78. The molecule has 0 heterocycles. The SMILES string of the molecule is CCCN(C(=NC1CCCCC1)N(C1CCCCC1)C1CCCCC1)C1CCCCC1. The molecule has 178 valence electrons. The molecule has 31 heavy (non-hydrogen) atoms.